The van der Waals surface area contributed by atoms with Crippen LogP contribution in [0.1, 0.15) is 45.5 Å². The molecule has 1 unspecified atom stereocenters. The minimum atomic E-state index is -1.18. The van der Waals surface area contributed by atoms with Crippen LogP contribution in [0, 0.1) is 5.92 Å². The summed E-state index contributed by atoms with van der Waals surface area (Å²) in [4.78, 5) is 33.0. The molecule has 7 nitrogen and oxygen atoms in total. The Balaban J connectivity index is 2.25. The number of carbonyl (C=O) groups excluding carboxylic acids is 1. The highest BCUT2D eigenvalue weighted by Gasteiger charge is 2.40. The van der Waals surface area contributed by atoms with E-state index >= 15 is 0 Å². The fourth-order valence-corrected chi connectivity index (χ4v) is 3.22. The number of aromatic amines is 1. The first kappa shape index (κ1) is 16.8. The molecule has 1 aliphatic heterocycles. The number of imidazole rings is 1. The monoisotopic (exact) mass is 372 g/mol. The Morgan fingerprint density at radius 1 is 1.50 bits per heavy atom. The summed E-state index contributed by atoms with van der Waals surface area (Å²) in [5.74, 6) is 0.405. The van der Waals surface area contributed by atoms with E-state index in [0.29, 0.717) is 0 Å². The van der Waals surface area contributed by atoms with Gasteiger partial charge in [-0.2, -0.15) is 0 Å². The molecule has 122 valence electrons. The average molecular weight is 373 g/mol. The van der Waals surface area contributed by atoms with E-state index in [2.05, 4.69) is 31.2 Å². The molecular weight excluding hydrogens is 352 g/mol. The third-order valence-electron chi connectivity index (χ3n) is 4.01. The number of carboxylic acid groups (broad SMARTS) is 1. The number of nitrogens with one attached hydrogen (secondary N) is 2. The maximum Gasteiger partial charge on any atom is 0.405 e. The van der Waals surface area contributed by atoms with Crippen molar-refractivity contribution in [3.05, 3.63) is 16.6 Å². The van der Waals surface area contributed by atoms with Gasteiger partial charge in [-0.25, -0.2) is 9.78 Å². The van der Waals surface area contributed by atoms with E-state index in [1.54, 1.807) is 11.1 Å². The minimum absolute atomic E-state index is 0.0539. The lowest BCUT2D eigenvalue weighted by Gasteiger charge is -2.32. The summed E-state index contributed by atoms with van der Waals surface area (Å²) < 4.78 is 0.763. The van der Waals surface area contributed by atoms with Crippen LogP contribution in [-0.2, 0) is 4.79 Å². The Hall–Kier alpha value is -1.57. The normalized spacial score (nSPS) is 22.9. The number of rotatable bonds is 4. The van der Waals surface area contributed by atoms with Crippen molar-refractivity contribution in [3.8, 4) is 0 Å². The van der Waals surface area contributed by atoms with Crippen LogP contribution in [0.2, 0.25) is 0 Å². The van der Waals surface area contributed by atoms with Gasteiger partial charge in [-0.15, -0.1) is 0 Å². The number of carbonyl (C=O) groups is 2. The Morgan fingerprint density at radius 3 is 2.68 bits per heavy atom. The zero-order valence-electron chi connectivity index (χ0n) is 12.8. The van der Waals surface area contributed by atoms with Crippen molar-refractivity contribution >= 4 is 27.9 Å². The molecule has 0 radical (unpaired) electrons. The second-order valence-electron chi connectivity index (χ2n) is 5.98. The van der Waals surface area contributed by atoms with E-state index in [0.717, 1.165) is 23.3 Å². The van der Waals surface area contributed by atoms with Gasteiger partial charge < -0.3 is 20.3 Å². The first-order chi connectivity index (χ1) is 10.3. The molecule has 1 aliphatic rings. The minimum Gasteiger partial charge on any atom is -0.465 e. The second-order valence-corrected chi connectivity index (χ2v) is 6.83. The van der Waals surface area contributed by atoms with Crippen molar-refractivity contribution in [2.45, 2.75) is 51.7 Å². The third kappa shape index (κ3) is 3.43. The molecular formula is C14H21BrN4O3. The molecule has 1 aromatic heterocycles. The van der Waals surface area contributed by atoms with Gasteiger partial charge in [-0.1, -0.05) is 13.8 Å². The maximum absolute atomic E-state index is 12.9. The van der Waals surface area contributed by atoms with Crippen molar-refractivity contribution in [1.82, 2.24) is 20.2 Å². The fourth-order valence-electron chi connectivity index (χ4n) is 2.91. The molecule has 0 aromatic carbocycles. The van der Waals surface area contributed by atoms with Gasteiger partial charge in [0.05, 0.1) is 12.2 Å². The molecule has 1 fully saturated rings. The standard InChI is InChI=1S/C14H21BrN4O3/c1-7(2)11(18-14(21)22)13(20)19-8(3)4-5-9(19)12-16-6-10(15)17-12/h6-9,11,18H,4-5H2,1-3H3,(H,16,17)(H,21,22)/t8-,9-,11?/m0/s1. The quantitative estimate of drug-likeness (QED) is 0.755. The largest absolute Gasteiger partial charge is 0.465 e. The zero-order valence-corrected chi connectivity index (χ0v) is 14.4. The van der Waals surface area contributed by atoms with Gasteiger partial charge in [-0.05, 0) is 41.6 Å². The van der Waals surface area contributed by atoms with Gasteiger partial charge in [-0.3, -0.25) is 4.79 Å². The number of aromatic nitrogens is 2. The summed E-state index contributed by atoms with van der Waals surface area (Å²) >= 11 is 3.32. The lowest BCUT2D eigenvalue weighted by molar-refractivity contribution is -0.137. The number of likely N-dealkylation sites (tertiary alicyclic amines) is 1. The molecule has 1 aromatic rings. The van der Waals surface area contributed by atoms with Crippen molar-refractivity contribution in [2.24, 2.45) is 5.92 Å². The third-order valence-corrected chi connectivity index (χ3v) is 4.42. The van der Waals surface area contributed by atoms with E-state index in [1.807, 2.05) is 20.8 Å². The lowest BCUT2D eigenvalue weighted by atomic mass is 10.0. The van der Waals surface area contributed by atoms with Gasteiger partial charge in [0, 0.05) is 6.04 Å². The summed E-state index contributed by atoms with van der Waals surface area (Å²) in [6.07, 6.45) is 2.16. The Bertz CT molecular complexity index is 560. The van der Waals surface area contributed by atoms with E-state index < -0.39 is 12.1 Å². The molecule has 0 bridgehead atoms. The summed E-state index contributed by atoms with van der Waals surface area (Å²) in [6.45, 7) is 5.64. The van der Waals surface area contributed by atoms with Crippen molar-refractivity contribution in [3.63, 3.8) is 0 Å². The van der Waals surface area contributed by atoms with Gasteiger partial charge in [0.25, 0.3) is 0 Å². The van der Waals surface area contributed by atoms with Gasteiger partial charge in [0.15, 0.2) is 0 Å². The molecule has 2 heterocycles. The highest BCUT2D eigenvalue weighted by molar-refractivity contribution is 9.10. The first-order valence-electron chi connectivity index (χ1n) is 7.33. The molecule has 22 heavy (non-hydrogen) atoms. The van der Waals surface area contributed by atoms with Crippen LogP contribution >= 0.6 is 15.9 Å². The molecule has 0 spiro atoms. The summed E-state index contributed by atoms with van der Waals surface area (Å²) in [6, 6.07) is -0.845. The molecule has 2 amide bonds. The molecule has 1 saturated heterocycles. The first-order valence-corrected chi connectivity index (χ1v) is 8.12. The van der Waals surface area contributed by atoms with Crippen molar-refractivity contribution in [1.29, 1.82) is 0 Å². The van der Waals surface area contributed by atoms with Crippen LogP contribution in [0.25, 0.3) is 0 Å². The number of hydrogen-bond acceptors (Lipinski definition) is 3. The van der Waals surface area contributed by atoms with Crippen molar-refractivity contribution in [2.75, 3.05) is 0 Å². The van der Waals surface area contributed by atoms with Crippen LogP contribution in [0.5, 0.6) is 0 Å². The smallest absolute Gasteiger partial charge is 0.405 e. The van der Waals surface area contributed by atoms with Crippen LogP contribution in [-0.4, -0.2) is 44.1 Å². The van der Waals surface area contributed by atoms with Gasteiger partial charge >= 0.3 is 6.09 Å². The van der Waals surface area contributed by atoms with E-state index in [1.165, 1.54) is 0 Å². The maximum atomic E-state index is 12.9. The highest BCUT2D eigenvalue weighted by atomic mass is 79.9. The van der Waals surface area contributed by atoms with E-state index in [9.17, 15) is 9.59 Å². The average Bonchev–Trinajstić information content (AvgIpc) is 3.00. The Kier molecular flexibility index (Phi) is 5.10. The van der Waals surface area contributed by atoms with Crippen LogP contribution in [0.3, 0.4) is 0 Å². The Labute approximate surface area is 137 Å². The molecule has 8 heteroatoms. The molecule has 0 saturated carbocycles. The second kappa shape index (κ2) is 6.68. The van der Waals surface area contributed by atoms with E-state index in [-0.39, 0.29) is 23.9 Å². The van der Waals surface area contributed by atoms with Crippen LogP contribution in [0.15, 0.2) is 10.8 Å². The Morgan fingerprint density at radius 2 is 2.18 bits per heavy atom. The number of amides is 2. The summed E-state index contributed by atoms with van der Waals surface area (Å²) in [5, 5.41) is 11.3. The molecule has 3 N–H and O–H groups in total. The molecule has 0 aliphatic carbocycles. The number of H-pyrrole nitrogens is 1. The van der Waals surface area contributed by atoms with Crippen LogP contribution in [0.4, 0.5) is 4.79 Å². The SMILES string of the molecule is CC(C)C(NC(=O)O)C(=O)N1[C@@H](C)CC[C@H]1c1ncc(Br)[nH]1. The summed E-state index contributed by atoms with van der Waals surface area (Å²) in [5.41, 5.74) is 0. The van der Waals surface area contributed by atoms with Crippen LogP contribution < -0.4 is 5.32 Å². The van der Waals surface area contributed by atoms with E-state index in [4.69, 9.17) is 5.11 Å². The lowest BCUT2D eigenvalue weighted by Crippen LogP contribution is -2.52. The van der Waals surface area contributed by atoms with Gasteiger partial charge in [0.1, 0.15) is 16.5 Å². The zero-order chi connectivity index (χ0) is 16.4. The molecule has 3 atom stereocenters. The number of nitrogens with zero attached hydrogens (tertiary/aromatic N) is 2. The van der Waals surface area contributed by atoms with Crippen molar-refractivity contribution < 1.29 is 14.7 Å². The number of hydrogen-bond donors (Lipinski definition) is 3. The van der Waals surface area contributed by atoms with Gasteiger partial charge in [0.2, 0.25) is 5.91 Å². The highest BCUT2D eigenvalue weighted by Crippen LogP contribution is 2.36. The number of halogens is 1. The predicted molar refractivity (Wildman–Crippen MR) is 84.4 cm³/mol. The molecule has 2 rings (SSSR count). The predicted octanol–water partition coefficient (Wildman–Crippen LogP) is 2.52. The fraction of sp³-hybridized carbons (Fsp3) is 0.643. The topological polar surface area (TPSA) is 98.3 Å². The summed E-state index contributed by atoms with van der Waals surface area (Å²) in [7, 11) is 0.